The Morgan fingerprint density at radius 3 is 3.00 bits per heavy atom. The summed E-state index contributed by atoms with van der Waals surface area (Å²) in [6, 6.07) is 3.79. The second-order valence-electron chi connectivity index (χ2n) is 4.40. The van der Waals surface area contributed by atoms with E-state index in [4.69, 9.17) is 5.26 Å². The predicted molar refractivity (Wildman–Crippen MR) is 93.1 cm³/mol. The van der Waals surface area contributed by atoms with E-state index in [2.05, 4.69) is 21.7 Å². The summed E-state index contributed by atoms with van der Waals surface area (Å²) in [6.07, 6.45) is 0.176. The maximum atomic E-state index is 11.9. The third kappa shape index (κ3) is 5.35. The Hall–Kier alpha value is -1.89. The fourth-order valence-corrected chi connectivity index (χ4v) is 4.09. The molecule has 0 saturated heterocycles. The number of hydrogen-bond acceptors (Lipinski definition) is 7. The Balaban J connectivity index is 1.76. The Morgan fingerprint density at radius 1 is 1.48 bits per heavy atom. The fraction of sp³-hybridized carbons (Fsp3) is 0.286. The van der Waals surface area contributed by atoms with Crippen LogP contribution in [-0.2, 0) is 4.79 Å². The average molecular weight is 366 g/mol. The zero-order chi connectivity index (χ0) is 16.7. The summed E-state index contributed by atoms with van der Waals surface area (Å²) in [7, 11) is 0. The van der Waals surface area contributed by atoms with Crippen molar-refractivity contribution in [2.45, 2.75) is 17.6 Å². The minimum Gasteiger partial charge on any atom is -0.351 e. The first-order valence-corrected chi connectivity index (χ1v) is 9.42. The average Bonchev–Trinajstić information content (AvgIpc) is 3.15. The van der Waals surface area contributed by atoms with E-state index in [1.165, 1.54) is 34.4 Å². The van der Waals surface area contributed by atoms with Gasteiger partial charge in [0.25, 0.3) is 5.91 Å². The molecule has 0 aliphatic carbocycles. The largest absolute Gasteiger partial charge is 0.351 e. The van der Waals surface area contributed by atoms with Gasteiger partial charge in [0, 0.05) is 23.9 Å². The van der Waals surface area contributed by atoms with Crippen molar-refractivity contribution in [3.05, 3.63) is 28.1 Å². The van der Waals surface area contributed by atoms with Crippen molar-refractivity contribution in [3.63, 3.8) is 0 Å². The lowest BCUT2D eigenvalue weighted by Gasteiger charge is -2.03. The van der Waals surface area contributed by atoms with Crippen LogP contribution in [0.4, 0.5) is 5.13 Å². The van der Waals surface area contributed by atoms with E-state index < -0.39 is 0 Å². The molecule has 0 bridgehead atoms. The molecule has 6 nitrogen and oxygen atoms in total. The summed E-state index contributed by atoms with van der Waals surface area (Å²) in [5.41, 5.74) is 1.40. The van der Waals surface area contributed by atoms with Crippen molar-refractivity contribution in [2.24, 2.45) is 0 Å². The molecule has 0 aliphatic rings. The number of aryl methyl sites for hydroxylation is 1. The van der Waals surface area contributed by atoms with E-state index >= 15 is 0 Å². The normalized spacial score (nSPS) is 10.1. The second kappa shape index (κ2) is 8.67. The number of anilines is 1. The van der Waals surface area contributed by atoms with Crippen LogP contribution in [0.15, 0.2) is 21.0 Å². The summed E-state index contributed by atoms with van der Waals surface area (Å²) in [6.45, 7) is 2.11. The van der Waals surface area contributed by atoms with Crippen LogP contribution >= 0.6 is 34.4 Å². The quantitative estimate of drug-likeness (QED) is 0.735. The van der Waals surface area contributed by atoms with Gasteiger partial charge in [-0.25, -0.2) is 4.98 Å². The Morgan fingerprint density at radius 2 is 2.30 bits per heavy atom. The molecule has 2 aromatic rings. The molecule has 2 amide bonds. The summed E-state index contributed by atoms with van der Waals surface area (Å²) >= 11 is 4.20. The number of amides is 2. The zero-order valence-electron chi connectivity index (χ0n) is 12.3. The minimum absolute atomic E-state index is 0.176. The highest BCUT2D eigenvalue weighted by Gasteiger charge is 2.11. The van der Waals surface area contributed by atoms with Crippen LogP contribution in [-0.4, -0.2) is 29.1 Å². The van der Waals surface area contributed by atoms with Gasteiger partial charge >= 0.3 is 0 Å². The molecule has 23 heavy (non-hydrogen) atoms. The molecule has 0 spiro atoms. The van der Waals surface area contributed by atoms with Crippen LogP contribution in [0.1, 0.15) is 22.5 Å². The van der Waals surface area contributed by atoms with Gasteiger partial charge < -0.3 is 10.6 Å². The van der Waals surface area contributed by atoms with Gasteiger partial charge in [-0.3, -0.25) is 9.59 Å². The van der Waals surface area contributed by atoms with Crippen molar-refractivity contribution >= 4 is 51.4 Å². The van der Waals surface area contributed by atoms with E-state index in [1.807, 2.05) is 12.3 Å². The standard InChI is InChI=1S/C14H14N4O2S3/c1-9-13(22-7-4-15)23-14(17-9)18-11(19)2-5-16-12(20)10-3-6-21-8-10/h3,6,8H,2,5,7H2,1H3,(H,16,20)(H,17,18,19). The van der Waals surface area contributed by atoms with Gasteiger partial charge in [-0.05, 0) is 18.4 Å². The van der Waals surface area contributed by atoms with E-state index in [9.17, 15) is 9.59 Å². The highest BCUT2D eigenvalue weighted by Crippen LogP contribution is 2.31. The maximum Gasteiger partial charge on any atom is 0.252 e. The molecule has 0 aliphatic heterocycles. The molecule has 0 fully saturated rings. The molecule has 2 aromatic heterocycles. The van der Waals surface area contributed by atoms with Crippen LogP contribution in [0.2, 0.25) is 0 Å². The molecule has 0 unspecified atom stereocenters. The van der Waals surface area contributed by atoms with Crippen LogP contribution < -0.4 is 10.6 Å². The van der Waals surface area contributed by atoms with Crippen molar-refractivity contribution < 1.29 is 9.59 Å². The number of thiophene rings is 1. The van der Waals surface area contributed by atoms with Crippen molar-refractivity contribution in [1.29, 1.82) is 5.26 Å². The van der Waals surface area contributed by atoms with Gasteiger partial charge in [-0.1, -0.05) is 23.1 Å². The number of thioether (sulfide) groups is 1. The van der Waals surface area contributed by atoms with Crippen molar-refractivity contribution in [3.8, 4) is 6.07 Å². The predicted octanol–water partition coefficient (Wildman–Crippen LogP) is 2.89. The minimum atomic E-state index is -0.207. The molecule has 2 N–H and O–H groups in total. The van der Waals surface area contributed by atoms with Gasteiger partial charge in [0.1, 0.15) is 0 Å². The maximum absolute atomic E-state index is 11.9. The first kappa shape index (κ1) is 17.5. The summed E-state index contributed by atoms with van der Waals surface area (Å²) < 4.78 is 0.924. The molecule has 9 heteroatoms. The molecule has 2 rings (SSSR count). The number of rotatable bonds is 7. The summed E-state index contributed by atoms with van der Waals surface area (Å²) in [4.78, 5) is 27.8. The third-order valence-electron chi connectivity index (χ3n) is 2.69. The monoisotopic (exact) mass is 366 g/mol. The molecule has 2 heterocycles. The Kier molecular flexibility index (Phi) is 6.58. The number of hydrogen-bond donors (Lipinski definition) is 2. The van der Waals surface area contributed by atoms with Crippen LogP contribution in [0, 0.1) is 18.3 Å². The first-order valence-electron chi connectivity index (χ1n) is 6.67. The molecular weight excluding hydrogens is 352 g/mol. The van der Waals surface area contributed by atoms with Gasteiger partial charge in [0.2, 0.25) is 5.91 Å². The molecule has 120 valence electrons. The van der Waals surface area contributed by atoms with Crippen molar-refractivity contribution in [1.82, 2.24) is 10.3 Å². The van der Waals surface area contributed by atoms with E-state index in [0.29, 0.717) is 16.4 Å². The molecule has 0 atom stereocenters. The lowest BCUT2D eigenvalue weighted by molar-refractivity contribution is -0.116. The SMILES string of the molecule is Cc1nc(NC(=O)CCNC(=O)c2ccsc2)sc1SCC#N. The summed E-state index contributed by atoms with van der Waals surface area (Å²) in [5, 5.41) is 18.1. The lowest BCUT2D eigenvalue weighted by atomic mass is 10.3. The first-order chi connectivity index (χ1) is 11.1. The molecule has 0 saturated carbocycles. The lowest BCUT2D eigenvalue weighted by Crippen LogP contribution is -2.27. The van der Waals surface area contributed by atoms with Crippen LogP contribution in [0.3, 0.4) is 0 Å². The molecular formula is C14H14N4O2S3. The number of nitrogens with zero attached hydrogens (tertiary/aromatic N) is 2. The third-order valence-corrected chi connectivity index (χ3v) is 5.67. The highest BCUT2D eigenvalue weighted by atomic mass is 32.2. The topological polar surface area (TPSA) is 94.9 Å². The number of aromatic nitrogens is 1. The highest BCUT2D eigenvalue weighted by molar-refractivity contribution is 8.01. The molecule has 0 radical (unpaired) electrons. The smallest absolute Gasteiger partial charge is 0.252 e. The Labute approximate surface area is 145 Å². The second-order valence-corrected chi connectivity index (χ2v) is 7.43. The number of carbonyl (C=O) groups excluding carboxylic acids is 2. The van der Waals surface area contributed by atoms with Gasteiger partial charge in [-0.2, -0.15) is 16.6 Å². The van der Waals surface area contributed by atoms with Gasteiger partial charge in [-0.15, -0.1) is 0 Å². The fourth-order valence-electron chi connectivity index (χ4n) is 1.63. The number of nitriles is 1. The van der Waals surface area contributed by atoms with E-state index in [1.54, 1.807) is 11.4 Å². The van der Waals surface area contributed by atoms with Crippen molar-refractivity contribution in [2.75, 3.05) is 17.6 Å². The van der Waals surface area contributed by atoms with E-state index in [-0.39, 0.29) is 24.8 Å². The van der Waals surface area contributed by atoms with Crippen LogP contribution in [0.25, 0.3) is 0 Å². The van der Waals surface area contributed by atoms with Gasteiger partial charge in [0.15, 0.2) is 5.13 Å². The number of thiazole rings is 1. The van der Waals surface area contributed by atoms with Crippen LogP contribution in [0.5, 0.6) is 0 Å². The number of carbonyl (C=O) groups is 2. The summed E-state index contributed by atoms with van der Waals surface area (Å²) in [5.74, 6) is -0.0362. The molecule has 0 aromatic carbocycles. The number of nitrogens with one attached hydrogen (secondary N) is 2. The van der Waals surface area contributed by atoms with Gasteiger partial charge in [0.05, 0.1) is 21.7 Å². The zero-order valence-corrected chi connectivity index (χ0v) is 14.7. The Bertz CT molecular complexity index is 719. The van der Waals surface area contributed by atoms with E-state index in [0.717, 1.165) is 9.90 Å².